The van der Waals surface area contributed by atoms with Crippen molar-refractivity contribution in [1.82, 2.24) is 0 Å². The summed E-state index contributed by atoms with van der Waals surface area (Å²) < 4.78 is 13.2. The normalized spacial score (nSPS) is 13.4. The van der Waals surface area contributed by atoms with Gasteiger partial charge in [0.05, 0.1) is 12.2 Å². The molecule has 2 aromatic carbocycles. The summed E-state index contributed by atoms with van der Waals surface area (Å²) in [5.74, 6) is 6.75. The van der Waals surface area contributed by atoms with Gasteiger partial charge in [-0.05, 0) is 48.5 Å². The van der Waals surface area contributed by atoms with Gasteiger partial charge in [0.15, 0.2) is 0 Å². The molecule has 2 rings (SSSR count). The summed E-state index contributed by atoms with van der Waals surface area (Å²) in [5.41, 5.74) is 0. The highest BCUT2D eigenvalue weighted by Gasteiger charge is 2.49. The Balaban J connectivity index is 1.65. The molecule has 0 bridgehead atoms. The summed E-state index contributed by atoms with van der Waals surface area (Å²) in [6, 6.07) is 21.9. The highest BCUT2D eigenvalue weighted by atomic mass is 28.4. The molecule has 0 aliphatic heterocycles. The lowest BCUT2D eigenvalue weighted by Crippen LogP contribution is -2.66. The molecule has 2 nitrogen and oxygen atoms in total. The number of unbranched alkanes of at least 4 members (excludes halogenated alkanes) is 10. The van der Waals surface area contributed by atoms with Crippen LogP contribution in [-0.2, 0) is 9.16 Å². The third-order valence-electron chi connectivity index (χ3n) is 8.12. The molecule has 0 fully saturated rings. The monoisotopic (exact) mass is 576 g/mol. The predicted molar refractivity (Wildman–Crippen MR) is 182 cm³/mol. The number of ether oxygens (including phenoxy) is 1. The molecule has 2 aromatic rings. The Bertz CT molecular complexity index is 931. The van der Waals surface area contributed by atoms with Gasteiger partial charge in [0.1, 0.15) is 0 Å². The van der Waals surface area contributed by atoms with Crippen LogP contribution in [0, 0.1) is 11.8 Å². The van der Waals surface area contributed by atoms with Crippen LogP contribution in [0.2, 0.25) is 5.04 Å². The van der Waals surface area contributed by atoms with Gasteiger partial charge >= 0.3 is 0 Å². The van der Waals surface area contributed by atoms with E-state index in [1.807, 2.05) is 0 Å². The fraction of sp³-hybridized carbons (Fsp3) is 0.632. The van der Waals surface area contributed by atoms with Crippen molar-refractivity contribution in [2.45, 2.75) is 149 Å². The van der Waals surface area contributed by atoms with Gasteiger partial charge in [0.2, 0.25) is 0 Å². The van der Waals surface area contributed by atoms with E-state index in [1.54, 1.807) is 0 Å². The highest BCUT2D eigenvalue weighted by molar-refractivity contribution is 6.99. The Morgan fingerprint density at radius 3 is 1.78 bits per heavy atom. The van der Waals surface area contributed by atoms with Crippen molar-refractivity contribution in [2.24, 2.45) is 0 Å². The lowest BCUT2D eigenvalue weighted by molar-refractivity contribution is 0.00585. The van der Waals surface area contributed by atoms with Crippen LogP contribution in [0.3, 0.4) is 0 Å². The largest absolute Gasteiger partial charge is 0.407 e. The highest BCUT2D eigenvalue weighted by Crippen LogP contribution is 2.36. The maximum Gasteiger partial charge on any atom is 0.261 e. The maximum absolute atomic E-state index is 7.02. The molecule has 2 unspecified atom stereocenters. The van der Waals surface area contributed by atoms with E-state index >= 15 is 0 Å². The first-order valence-corrected chi connectivity index (χ1v) is 18.6. The van der Waals surface area contributed by atoms with Crippen LogP contribution in [-0.4, -0.2) is 27.1 Å². The molecule has 3 heteroatoms. The van der Waals surface area contributed by atoms with Crippen molar-refractivity contribution in [1.29, 1.82) is 0 Å². The summed E-state index contributed by atoms with van der Waals surface area (Å²) in [5, 5.41) is 2.77. The van der Waals surface area contributed by atoms with Gasteiger partial charge < -0.3 is 9.16 Å². The summed E-state index contributed by atoms with van der Waals surface area (Å²) in [6.45, 7) is 14.5. The molecular formula is C38H60O2Si. The first kappa shape index (κ1) is 35.3. The first-order valence-electron chi connectivity index (χ1n) is 16.7. The van der Waals surface area contributed by atoms with Crippen molar-refractivity contribution in [3.63, 3.8) is 0 Å². The topological polar surface area (TPSA) is 18.5 Å². The standard InChI is InChI=1S/C38H60O2Si/c1-7-8-9-10-15-20-27-34(2)40-35(3)28-21-16-13-11-12-14-17-26-33-39-41(38(4,5)6,36-29-22-18-23-30-36)37-31-24-19-25-32-37/h18-19,22-25,29-32,34-35H,7-15,17,20,26-28,33H2,1-6H3. The Kier molecular flexibility index (Phi) is 17.3. The zero-order valence-corrected chi connectivity index (χ0v) is 28.4. The van der Waals surface area contributed by atoms with Crippen LogP contribution in [0.25, 0.3) is 0 Å². The van der Waals surface area contributed by atoms with Gasteiger partial charge in [0.25, 0.3) is 8.32 Å². The minimum atomic E-state index is -2.40. The maximum atomic E-state index is 7.02. The van der Waals surface area contributed by atoms with Crippen LogP contribution in [0.1, 0.15) is 131 Å². The molecule has 0 heterocycles. The van der Waals surface area contributed by atoms with Crippen LogP contribution in [0.5, 0.6) is 0 Å². The van der Waals surface area contributed by atoms with E-state index in [1.165, 1.54) is 81.0 Å². The van der Waals surface area contributed by atoms with Crippen LogP contribution < -0.4 is 10.4 Å². The molecule has 0 aliphatic carbocycles. The lowest BCUT2D eigenvalue weighted by atomic mass is 10.1. The molecule has 0 amide bonds. The predicted octanol–water partition coefficient (Wildman–Crippen LogP) is 9.84. The van der Waals surface area contributed by atoms with Crippen molar-refractivity contribution in [3.8, 4) is 11.8 Å². The van der Waals surface area contributed by atoms with Gasteiger partial charge in [0, 0.05) is 19.4 Å². The molecule has 0 aromatic heterocycles. The molecule has 0 radical (unpaired) electrons. The molecule has 0 spiro atoms. The molecule has 0 saturated heterocycles. The molecule has 41 heavy (non-hydrogen) atoms. The lowest BCUT2D eigenvalue weighted by Gasteiger charge is -2.43. The second-order valence-corrected chi connectivity index (χ2v) is 17.2. The number of hydrogen-bond donors (Lipinski definition) is 0. The zero-order chi connectivity index (χ0) is 29.8. The van der Waals surface area contributed by atoms with Crippen LogP contribution in [0.4, 0.5) is 0 Å². The third kappa shape index (κ3) is 12.9. The number of benzene rings is 2. The average molecular weight is 577 g/mol. The van der Waals surface area contributed by atoms with E-state index in [0.717, 1.165) is 25.9 Å². The minimum Gasteiger partial charge on any atom is -0.407 e. The van der Waals surface area contributed by atoms with Crippen LogP contribution >= 0.6 is 0 Å². The average Bonchev–Trinajstić information content (AvgIpc) is 2.96. The summed E-state index contributed by atoms with van der Waals surface area (Å²) in [4.78, 5) is 0. The van der Waals surface area contributed by atoms with E-state index in [-0.39, 0.29) is 11.1 Å². The number of hydrogen-bond acceptors (Lipinski definition) is 2. The van der Waals surface area contributed by atoms with E-state index < -0.39 is 8.32 Å². The minimum absolute atomic E-state index is 0.0445. The summed E-state index contributed by atoms with van der Waals surface area (Å²) >= 11 is 0. The Morgan fingerprint density at radius 2 is 1.20 bits per heavy atom. The molecule has 228 valence electrons. The fourth-order valence-electron chi connectivity index (χ4n) is 5.86. The van der Waals surface area contributed by atoms with Crippen molar-refractivity contribution in [3.05, 3.63) is 60.7 Å². The van der Waals surface area contributed by atoms with Gasteiger partial charge in [-0.1, -0.05) is 146 Å². The van der Waals surface area contributed by atoms with Crippen molar-refractivity contribution >= 4 is 18.7 Å². The van der Waals surface area contributed by atoms with Gasteiger partial charge in [-0.15, -0.1) is 11.8 Å². The quantitative estimate of drug-likeness (QED) is 0.0887. The Morgan fingerprint density at radius 1 is 0.659 bits per heavy atom. The molecule has 0 N–H and O–H groups in total. The van der Waals surface area contributed by atoms with Crippen LogP contribution in [0.15, 0.2) is 60.7 Å². The van der Waals surface area contributed by atoms with E-state index in [9.17, 15) is 0 Å². The molecule has 0 saturated carbocycles. The second kappa shape index (κ2) is 20.1. The van der Waals surface area contributed by atoms with E-state index in [2.05, 4.69) is 114 Å². The van der Waals surface area contributed by atoms with Crippen molar-refractivity contribution in [2.75, 3.05) is 6.61 Å². The summed E-state index contributed by atoms with van der Waals surface area (Å²) in [7, 11) is -2.40. The van der Waals surface area contributed by atoms with E-state index in [0.29, 0.717) is 6.10 Å². The zero-order valence-electron chi connectivity index (χ0n) is 27.4. The SMILES string of the molecule is CCCCCCCCC(C)OC(C)CC#CCCCCCCCO[Si](c1ccccc1)(c1ccccc1)C(C)(C)C. The van der Waals surface area contributed by atoms with E-state index in [4.69, 9.17) is 9.16 Å². The Hall–Kier alpha value is -1.86. The third-order valence-corrected chi connectivity index (χ3v) is 13.2. The Labute approximate surface area is 255 Å². The van der Waals surface area contributed by atoms with Gasteiger partial charge in [-0.25, -0.2) is 0 Å². The molecule has 2 atom stereocenters. The van der Waals surface area contributed by atoms with Crippen molar-refractivity contribution < 1.29 is 9.16 Å². The summed E-state index contributed by atoms with van der Waals surface area (Å²) in [6.07, 6.45) is 17.7. The van der Waals surface area contributed by atoms with Gasteiger partial charge in [-0.2, -0.15) is 0 Å². The number of rotatable bonds is 20. The van der Waals surface area contributed by atoms with Gasteiger partial charge in [-0.3, -0.25) is 0 Å². The second-order valence-electron chi connectivity index (χ2n) is 12.9. The first-order chi connectivity index (χ1) is 19.8. The molecular weight excluding hydrogens is 517 g/mol. The fourth-order valence-corrected chi connectivity index (χ4v) is 10.5. The molecule has 0 aliphatic rings. The smallest absolute Gasteiger partial charge is 0.261 e.